The van der Waals surface area contributed by atoms with Gasteiger partial charge in [0, 0.05) is 17.4 Å². The van der Waals surface area contributed by atoms with Gasteiger partial charge in [-0.2, -0.15) is 0 Å². The van der Waals surface area contributed by atoms with Crippen molar-refractivity contribution in [1.82, 2.24) is 0 Å². The molecule has 1 aliphatic heterocycles. The molecule has 0 spiro atoms. The molecule has 0 aromatic heterocycles. The van der Waals surface area contributed by atoms with E-state index < -0.39 is 0 Å². The van der Waals surface area contributed by atoms with Crippen LogP contribution in [0.5, 0.6) is 0 Å². The topological polar surface area (TPSA) is 26.3 Å². The largest absolute Gasteiger partial charge is 0.497 e. The molecule has 4 rings (SSSR count). The summed E-state index contributed by atoms with van der Waals surface area (Å²) in [6, 6.07) is 21.0. The molecule has 27 heavy (non-hydrogen) atoms. The first kappa shape index (κ1) is 18.0. The van der Waals surface area contributed by atoms with Crippen molar-refractivity contribution in [3.8, 4) is 0 Å². The SMILES string of the molecule is CCC(Cc1ccccc1)C1=CC(=O)C(C2(c3ccccc3)CCC2)CO1. The van der Waals surface area contributed by atoms with Crippen LogP contribution in [-0.2, 0) is 21.4 Å². The molecule has 2 heteroatoms. The zero-order valence-corrected chi connectivity index (χ0v) is 16.1. The van der Waals surface area contributed by atoms with E-state index in [0.717, 1.165) is 31.4 Å². The summed E-state index contributed by atoms with van der Waals surface area (Å²) < 4.78 is 6.23. The van der Waals surface area contributed by atoms with E-state index in [1.54, 1.807) is 0 Å². The number of ether oxygens (including phenoxy) is 1. The summed E-state index contributed by atoms with van der Waals surface area (Å²) in [7, 11) is 0. The number of hydrogen-bond donors (Lipinski definition) is 0. The average Bonchev–Trinajstić information content (AvgIpc) is 2.68. The Kier molecular flexibility index (Phi) is 5.15. The second-order valence-electron chi connectivity index (χ2n) is 7.98. The van der Waals surface area contributed by atoms with Crippen molar-refractivity contribution in [2.75, 3.05) is 6.61 Å². The molecule has 1 heterocycles. The van der Waals surface area contributed by atoms with E-state index in [1.807, 2.05) is 18.2 Å². The Labute approximate surface area is 162 Å². The molecule has 2 aromatic rings. The Morgan fingerprint density at radius 3 is 2.26 bits per heavy atom. The number of allylic oxidation sites excluding steroid dienone is 2. The zero-order valence-electron chi connectivity index (χ0n) is 16.1. The Bertz CT molecular complexity index is 803. The molecule has 1 fully saturated rings. The summed E-state index contributed by atoms with van der Waals surface area (Å²) in [6.45, 7) is 2.69. The Hall–Kier alpha value is -2.35. The van der Waals surface area contributed by atoms with E-state index in [4.69, 9.17) is 4.74 Å². The Morgan fingerprint density at radius 1 is 1.04 bits per heavy atom. The third-order valence-corrected chi connectivity index (χ3v) is 6.53. The minimum atomic E-state index is -0.0494. The number of rotatable bonds is 6. The number of carbonyl (C=O) groups excluding carboxylic acids is 1. The van der Waals surface area contributed by atoms with Gasteiger partial charge in [-0.25, -0.2) is 0 Å². The summed E-state index contributed by atoms with van der Waals surface area (Å²) in [6.07, 6.45) is 7.07. The summed E-state index contributed by atoms with van der Waals surface area (Å²) >= 11 is 0. The minimum absolute atomic E-state index is 0.0263. The molecule has 0 radical (unpaired) electrons. The van der Waals surface area contributed by atoms with Gasteiger partial charge in [-0.15, -0.1) is 0 Å². The lowest BCUT2D eigenvalue weighted by Gasteiger charge is -2.48. The van der Waals surface area contributed by atoms with Crippen LogP contribution in [0.25, 0.3) is 0 Å². The Morgan fingerprint density at radius 2 is 1.70 bits per heavy atom. The second kappa shape index (κ2) is 7.72. The molecule has 0 bridgehead atoms. The normalized spacial score (nSPS) is 22.3. The molecular weight excluding hydrogens is 332 g/mol. The summed E-state index contributed by atoms with van der Waals surface area (Å²) in [5, 5.41) is 0. The molecule has 140 valence electrons. The van der Waals surface area contributed by atoms with Crippen LogP contribution in [0.15, 0.2) is 72.5 Å². The third-order valence-electron chi connectivity index (χ3n) is 6.53. The smallest absolute Gasteiger partial charge is 0.166 e. The lowest BCUT2D eigenvalue weighted by atomic mass is 9.56. The molecule has 2 atom stereocenters. The molecule has 0 saturated heterocycles. The summed E-state index contributed by atoms with van der Waals surface area (Å²) in [4.78, 5) is 13.1. The van der Waals surface area contributed by atoms with E-state index in [9.17, 15) is 4.79 Å². The van der Waals surface area contributed by atoms with Crippen LogP contribution in [-0.4, -0.2) is 12.4 Å². The van der Waals surface area contributed by atoms with E-state index >= 15 is 0 Å². The highest BCUT2D eigenvalue weighted by molar-refractivity contribution is 5.94. The maximum atomic E-state index is 13.1. The molecule has 0 N–H and O–H groups in total. The standard InChI is InChI=1S/C25H28O2/c1-2-20(16-19-10-5-3-6-11-19)24-17-23(26)22(18-27-24)25(14-9-15-25)21-12-7-4-8-13-21/h3-8,10-13,17,20,22H,2,9,14-16,18H2,1H3. The van der Waals surface area contributed by atoms with Crippen molar-refractivity contribution >= 4 is 5.78 Å². The molecule has 2 nitrogen and oxygen atoms in total. The third kappa shape index (κ3) is 3.45. The van der Waals surface area contributed by atoms with Crippen molar-refractivity contribution < 1.29 is 9.53 Å². The van der Waals surface area contributed by atoms with Crippen LogP contribution in [0.2, 0.25) is 0 Å². The first-order chi connectivity index (χ1) is 13.2. The second-order valence-corrected chi connectivity index (χ2v) is 7.98. The van der Waals surface area contributed by atoms with E-state index in [1.165, 1.54) is 17.5 Å². The fourth-order valence-corrected chi connectivity index (χ4v) is 4.72. The average molecular weight is 360 g/mol. The number of ketones is 1. The fraction of sp³-hybridized carbons (Fsp3) is 0.400. The first-order valence-corrected chi connectivity index (χ1v) is 10.2. The van der Waals surface area contributed by atoms with E-state index in [2.05, 4.69) is 55.5 Å². The van der Waals surface area contributed by atoms with Crippen LogP contribution >= 0.6 is 0 Å². The van der Waals surface area contributed by atoms with E-state index in [-0.39, 0.29) is 23.0 Å². The van der Waals surface area contributed by atoms with Gasteiger partial charge >= 0.3 is 0 Å². The van der Waals surface area contributed by atoms with Crippen molar-refractivity contribution in [3.63, 3.8) is 0 Å². The predicted octanol–water partition coefficient (Wildman–Crippen LogP) is 5.48. The van der Waals surface area contributed by atoms with Crippen LogP contribution in [0, 0.1) is 11.8 Å². The Balaban J connectivity index is 1.54. The molecule has 2 aromatic carbocycles. The lowest BCUT2D eigenvalue weighted by molar-refractivity contribution is -0.126. The van der Waals surface area contributed by atoms with Gasteiger partial charge in [0.05, 0.1) is 12.5 Å². The summed E-state index contributed by atoms with van der Waals surface area (Å²) in [5.74, 6) is 1.36. The molecule has 0 amide bonds. The van der Waals surface area contributed by atoms with Gasteiger partial charge in [0.1, 0.15) is 5.76 Å². The van der Waals surface area contributed by atoms with Crippen molar-refractivity contribution in [2.45, 2.75) is 44.4 Å². The van der Waals surface area contributed by atoms with Gasteiger partial charge in [-0.05, 0) is 36.8 Å². The minimum Gasteiger partial charge on any atom is -0.497 e. The van der Waals surface area contributed by atoms with E-state index in [0.29, 0.717) is 6.61 Å². The van der Waals surface area contributed by atoms with Gasteiger partial charge in [-0.1, -0.05) is 74.0 Å². The van der Waals surface area contributed by atoms with Crippen LogP contribution in [0.1, 0.15) is 43.7 Å². The molecule has 2 unspecified atom stereocenters. The lowest BCUT2D eigenvalue weighted by Crippen LogP contribution is -2.48. The summed E-state index contributed by atoms with van der Waals surface area (Å²) in [5.41, 5.74) is 2.57. The van der Waals surface area contributed by atoms with Crippen LogP contribution in [0.4, 0.5) is 0 Å². The highest BCUT2D eigenvalue weighted by Crippen LogP contribution is 2.51. The first-order valence-electron chi connectivity index (χ1n) is 10.2. The highest BCUT2D eigenvalue weighted by Gasteiger charge is 2.49. The van der Waals surface area contributed by atoms with Gasteiger partial charge in [0.15, 0.2) is 5.78 Å². The molecule has 1 saturated carbocycles. The number of benzene rings is 2. The monoisotopic (exact) mass is 360 g/mol. The van der Waals surface area contributed by atoms with Gasteiger partial charge in [0.2, 0.25) is 0 Å². The van der Waals surface area contributed by atoms with Crippen LogP contribution < -0.4 is 0 Å². The van der Waals surface area contributed by atoms with Crippen molar-refractivity contribution in [3.05, 3.63) is 83.6 Å². The van der Waals surface area contributed by atoms with Crippen molar-refractivity contribution in [2.24, 2.45) is 11.8 Å². The molecular formula is C25H28O2. The van der Waals surface area contributed by atoms with Crippen molar-refractivity contribution in [1.29, 1.82) is 0 Å². The maximum Gasteiger partial charge on any atom is 0.166 e. The molecule has 2 aliphatic rings. The highest BCUT2D eigenvalue weighted by atomic mass is 16.5. The van der Waals surface area contributed by atoms with Crippen LogP contribution in [0.3, 0.4) is 0 Å². The van der Waals surface area contributed by atoms with Gasteiger partial charge < -0.3 is 4.74 Å². The number of hydrogen-bond acceptors (Lipinski definition) is 2. The number of carbonyl (C=O) groups is 1. The van der Waals surface area contributed by atoms with Gasteiger partial charge in [-0.3, -0.25) is 4.79 Å². The predicted molar refractivity (Wildman–Crippen MR) is 108 cm³/mol. The fourth-order valence-electron chi connectivity index (χ4n) is 4.72. The maximum absolute atomic E-state index is 13.1. The van der Waals surface area contributed by atoms with Gasteiger partial charge in [0.25, 0.3) is 0 Å². The zero-order chi connectivity index (χ0) is 18.7. The molecule has 1 aliphatic carbocycles. The quantitative estimate of drug-likeness (QED) is 0.682.